The molecule has 1 aromatic carbocycles. The number of carbonyl (C=O) groups is 1. The van der Waals surface area contributed by atoms with Crippen molar-refractivity contribution in [2.45, 2.75) is 13.3 Å². The molecule has 168 valence electrons. The molecule has 0 bridgehead atoms. The van der Waals surface area contributed by atoms with Crippen LogP contribution >= 0.6 is 0 Å². The van der Waals surface area contributed by atoms with Crippen LogP contribution in [0.3, 0.4) is 0 Å². The van der Waals surface area contributed by atoms with Gasteiger partial charge in [0.1, 0.15) is 17.4 Å². The third kappa shape index (κ3) is 5.70. The van der Waals surface area contributed by atoms with E-state index in [0.29, 0.717) is 6.07 Å². The summed E-state index contributed by atoms with van der Waals surface area (Å²) in [5.41, 5.74) is -0.420. The third-order valence-corrected chi connectivity index (χ3v) is 4.75. The Bertz CT molecular complexity index is 1120. The number of aryl methyl sites for hydroxylation is 1. The predicted octanol–water partition coefficient (Wildman–Crippen LogP) is 3.59. The lowest BCUT2D eigenvalue weighted by Crippen LogP contribution is -2.44. The number of carbonyl (C=O) groups excluding carboxylic acids is 1. The van der Waals surface area contributed by atoms with Gasteiger partial charge in [-0.2, -0.15) is 0 Å². The second-order valence-electron chi connectivity index (χ2n) is 7.36. The van der Waals surface area contributed by atoms with Gasteiger partial charge in [0.05, 0.1) is 16.8 Å². The SMILES string of the molecule is Cc1cnc(CC2CN(C)C2)o1.O=CNc1nc(-c2ccc(F)cc2F)ccc1[N+](=O)[O-]. The van der Waals surface area contributed by atoms with Gasteiger partial charge in [0.15, 0.2) is 5.89 Å². The minimum Gasteiger partial charge on any atom is -0.446 e. The van der Waals surface area contributed by atoms with Crippen LogP contribution in [0.15, 0.2) is 40.9 Å². The van der Waals surface area contributed by atoms with Crippen molar-refractivity contribution in [3.05, 3.63) is 69.9 Å². The van der Waals surface area contributed by atoms with E-state index in [0.717, 1.165) is 42.2 Å². The summed E-state index contributed by atoms with van der Waals surface area (Å²) in [7, 11) is 2.14. The van der Waals surface area contributed by atoms with E-state index in [1.54, 1.807) is 6.20 Å². The smallest absolute Gasteiger partial charge is 0.311 e. The second-order valence-corrected chi connectivity index (χ2v) is 7.36. The number of likely N-dealkylation sites (tertiary alicyclic amines) is 1. The molecule has 3 heterocycles. The molecule has 2 aromatic heterocycles. The summed E-state index contributed by atoms with van der Waals surface area (Å²) in [6.07, 6.45) is 3.01. The number of benzene rings is 1. The van der Waals surface area contributed by atoms with Crippen LogP contribution in [-0.4, -0.2) is 46.3 Å². The highest BCUT2D eigenvalue weighted by Crippen LogP contribution is 2.28. The lowest BCUT2D eigenvalue weighted by Gasteiger charge is -2.35. The molecule has 4 rings (SSSR count). The molecule has 1 aliphatic heterocycles. The van der Waals surface area contributed by atoms with E-state index in [9.17, 15) is 23.7 Å². The Hall–Kier alpha value is -3.73. The molecule has 32 heavy (non-hydrogen) atoms. The van der Waals surface area contributed by atoms with E-state index in [-0.39, 0.29) is 23.5 Å². The number of hydrogen-bond acceptors (Lipinski definition) is 7. The van der Waals surface area contributed by atoms with Gasteiger partial charge in [0.2, 0.25) is 12.2 Å². The van der Waals surface area contributed by atoms with Gasteiger partial charge in [0.25, 0.3) is 0 Å². The zero-order valence-electron chi connectivity index (χ0n) is 17.4. The molecule has 0 spiro atoms. The Kier molecular flexibility index (Phi) is 7.21. The number of halogens is 2. The lowest BCUT2D eigenvalue weighted by molar-refractivity contribution is -0.384. The normalized spacial score (nSPS) is 13.6. The summed E-state index contributed by atoms with van der Waals surface area (Å²) >= 11 is 0. The van der Waals surface area contributed by atoms with Crippen LogP contribution in [-0.2, 0) is 11.2 Å². The fourth-order valence-corrected chi connectivity index (χ4v) is 3.31. The van der Waals surface area contributed by atoms with Crippen LogP contribution in [0.4, 0.5) is 20.3 Å². The van der Waals surface area contributed by atoms with E-state index in [2.05, 4.69) is 27.2 Å². The minimum absolute atomic E-state index is 0.0322. The summed E-state index contributed by atoms with van der Waals surface area (Å²) in [5.74, 6) is 0.644. The monoisotopic (exact) mass is 445 g/mol. The Labute approximate surface area is 182 Å². The van der Waals surface area contributed by atoms with E-state index in [1.807, 2.05) is 6.92 Å². The van der Waals surface area contributed by atoms with Gasteiger partial charge in [-0.1, -0.05) is 0 Å². The van der Waals surface area contributed by atoms with Crippen molar-refractivity contribution in [1.82, 2.24) is 14.9 Å². The number of nitro groups is 1. The topological polar surface area (TPSA) is 114 Å². The van der Waals surface area contributed by atoms with Crippen molar-refractivity contribution in [1.29, 1.82) is 0 Å². The summed E-state index contributed by atoms with van der Waals surface area (Å²) < 4.78 is 31.8. The minimum atomic E-state index is -0.858. The van der Waals surface area contributed by atoms with Gasteiger partial charge in [0, 0.05) is 37.2 Å². The van der Waals surface area contributed by atoms with Crippen LogP contribution in [0.2, 0.25) is 0 Å². The Morgan fingerprint density at radius 2 is 2.06 bits per heavy atom. The van der Waals surface area contributed by atoms with Crippen LogP contribution < -0.4 is 5.32 Å². The van der Waals surface area contributed by atoms with E-state index in [4.69, 9.17) is 4.42 Å². The Balaban J connectivity index is 0.000000204. The zero-order valence-corrected chi connectivity index (χ0v) is 17.4. The molecule has 0 aliphatic carbocycles. The molecule has 1 saturated heterocycles. The molecule has 9 nitrogen and oxygen atoms in total. The Morgan fingerprint density at radius 3 is 2.62 bits per heavy atom. The first kappa shape index (κ1) is 22.9. The van der Waals surface area contributed by atoms with Gasteiger partial charge >= 0.3 is 5.69 Å². The van der Waals surface area contributed by atoms with Crippen LogP contribution in [0.25, 0.3) is 11.3 Å². The van der Waals surface area contributed by atoms with Crippen molar-refractivity contribution < 1.29 is 22.9 Å². The molecule has 1 N–H and O–H groups in total. The first-order valence-electron chi connectivity index (χ1n) is 9.67. The van der Waals surface area contributed by atoms with Gasteiger partial charge in [-0.15, -0.1) is 0 Å². The number of rotatable bonds is 6. The van der Waals surface area contributed by atoms with Crippen molar-refractivity contribution in [3.8, 4) is 11.3 Å². The fourth-order valence-electron chi connectivity index (χ4n) is 3.31. The lowest BCUT2D eigenvalue weighted by atomic mass is 9.97. The molecule has 0 atom stereocenters. The van der Waals surface area contributed by atoms with Crippen molar-refractivity contribution in [2.24, 2.45) is 5.92 Å². The number of nitrogens with one attached hydrogen (secondary N) is 1. The number of hydrogen-bond donors (Lipinski definition) is 1. The summed E-state index contributed by atoms with van der Waals surface area (Å²) in [6, 6.07) is 5.16. The first-order chi connectivity index (χ1) is 15.3. The molecular weight excluding hydrogens is 424 g/mol. The molecule has 11 heteroatoms. The maximum absolute atomic E-state index is 13.6. The van der Waals surface area contributed by atoms with E-state index in [1.165, 1.54) is 19.2 Å². The van der Waals surface area contributed by atoms with Crippen molar-refractivity contribution in [3.63, 3.8) is 0 Å². The fraction of sp³-hybridized carbons (Fsp3) is 0.286. The molecule has 0 unspecified atom stereocenters. The second kappa shape index (κ2) is 10.1. The molecule has 1 amide bonds. The summed E-state index contributed by atoms with van der Waals surface area (Å²) in [5, 5.41) is 12.8. The average Bonchev–Trinajstić information content (AvgIpc) is 3.12. The molecule has 1 fully saturated rings. The number of aromatic nitrogens is 2. The number of nitrogens with zero attached hydrogens (tertiary/aromatic N) is 4. The quantitative estimate of drug-likeness (QED) is 0.350. The summed E-state index contributed by atoms with van der Waals surface area (Å²) in [6.45, 7) is 4.30. The molecule has 0 radical (unpaired) electrons. The first-order valence-corrected chi connectivity index (χ1v) is 9.67. The van der Waals surface area contributed by atoms with Crippen LogP contribution in [0.5, 0.6) is 0 Å². The van der Waals surface area contributed by atoms with E-state index >= 15 is 0 Å². The Morgan fingerprint density at radius 1 is 1.31 bits per heavy atom. The highest BCUT2D eigenvalue weighted by molar-refractivity contribution is 5.77. The average molecular weight is 445 g/mol. The number of pyridine rings is 1. The molecule has 3 aromatic rings. The number of amides is 1. The maximum Gasteiger partial charge on any atom is 0.311 e. The molecular formula is C21H21F2N5O4. The standard InChI is InChI=1S/C12H7F2N3O3.C9H14N2O/c13-7-1-2-8(9(14)5-7)10-3-4-11(17(19)20)12(16-10)15-6-18;1-7-4-10-9(12-7)3-8-5-11(2)6-8/h1-6H,(H,15,16,18);4,8H,3,5-6H2,1-2H3. The highest BCUT2D eigenvalue weighted by atomic mass is 19.1. The van der Waals surface area contributed by atoms with E-state index < -0.39 is 22.2 Å². The number of oxazole rings is 1. The zero-order chi connectivity index (χ0) is 23.3. The van der Waals surface area contributed by atoms with Gasteiger partial charge in [-0.05, 0) is 38.1 Å². The van der Waals surface area contributed by atoms with Gasteiger partial charge < -0.3 is 14.6 Å². The highest BCUT2D eigenvalue weighted by Gasteiger charge is 2.24. The molecule has 0 saturated carbocycles. The van der Waals surface area contributed by atoms with Crippen LogP contribution in [0, 0.1) is 34.6 Å². The van der Waals surface area contributed by atoms with Crippen molar-refractivity contribution >= 4 is 17.9 Å². The van der Waals surface area contributed by atoms with Gasteiger partial charge in [-0.25, -0.2) is 18.7 Å². The predicted molar refractivity (Wildman–Crippen MR) is 112 cm³/mol. The number of anilines is 1. The van der Waals surface area contributed by atoms with Crippen LogP contribution in [0.1, 0.15) is 11.7 Å². The maximum atomic E-state index is 13.6. The van der Waals surface area contributed by atoms with Crippen molar-refractivity contribution in [2.75, 3.05) is 25.5 Å². The molecule has 1 aliphatic rings. The largest absolute Gasteiger partial charge is 0.446 e. The van der Waals surface area contributed by atoms with Gasteiger partial charge in [-0.3, -0.25) is 14.9 Å². The summed E-state index contributed by atoms with van der Waals surface area (Å²) in [4.78, 5) is 30.7. The third-order valence-electron chi connectivity index (χ3n) is 4.75.